The Hall–Kier alpha value is -1.16. The Kier molecular flexibility index (Phi) is 6.25. The van der Waals surface area contributed by atoms with E-state index in [4.69, 9.17) is 0 Å². The SMILES string of the molecule is CN=C(NCCc1cccc(C)c1)NCC1CCCS1. The van der Waals surface area contributed by atoms with Crippen LogP contribution >= 0.6 is 11.8 Å². The molecule has 1 atom stereocenters. The van der Waals surface area contributed by atoms with E-state index < -0.39 is 0 Å². The summed E-state index contributed by atoms with van der Waals surface area (Å²) >= 11 is 2.07. The summed E-state index contributed by atoms with van der Waals surface area (Å²) in [6.07, 6.45) is 3.72. The molecule has 1 heterocycles. The topological polar surface area (TPSA) is 36.4 Å². The fraction of sp³-hybridized carbons (Fsp3) is 0.562. The second-order valence-corrected chi connectivity index (χ2v) is 6.66. The third kappa shape index (κ3) is 5.08. The summed E-state index contributed by atoms with van der Waals surface area (Å²) < 4.78 is 0. The number of aliphatic imine (C=N–C) groups is 1. The lowest BCUT2D eigenvalue weighted by atomic mass is 10.1. The molecule has 2 rings (SSSR count). The van der Waals surface area contributed by atoms with Crippen LogP contribution in [0.3, 0.4) is 0 Å². The highest BCUT2D eigenvalue weighted by molar-refractivity contribution is 8.00. The Balaban J connectivity index is 1.68. The first-order valence-corrected chi connectivity index (χ1v) is 8.44. The van der Waals surface area contributed by atoms with Crippen molar-refractivity contribution in [2.75, 3.05) is 25.9 Å². The molecule has 110 valence electrons. The van der Waals surface area contributed by atoms with Crippen LogP contribution in [0.5, 0.6) is 0 Å². The zero-order chi connectivity index (χ0) is 14.2. The van der Waals surface area contributed by atoms with E-state index in [0.717, 1.165) is 30.7 Å². The smallest absolute Gasteiger partial charge is 0.191 e. The number of rotatable bonds is 5. The summed E-state index contributed by atoms with van der Waals surface area (Å²) in [6, 6.07) is 8.68. The van der Waals surface area contributed by atoms with E-state index in [9.17, 15) is 0 Å². The van der Waals surface area contributed by atoms with E-state index in [1.54, 1.807) is 0 Å². The van der Waals surface area contributed by atoms with Gasteiger partial charge in [-0.3, -0.25) is 4.99 Å². The molecule has 0 spiro atoms. The summed E-state index contributed by atoms with van der Waals surface area (Å²) in [5.74, 6) is 2.23. The molecule has 1 aromatic carbocycles. The highest BCUT2D eigenvalue weighted by Crippen LogP contribution is 2.25. The number of thioether (sulfide) groups is 1. The molecule has 0 bridgehead atoms. The van der Waals surface area contributed by atoms with E-state index in [0.29, 0.717) is 0 Å². The van der Waals surface area contributed by atoms with Gasteiger partial charge >= 0.3 is 0 Å². The molecule has 20 heavy (non-hydrogen) atoms. The van der Waals surface area contributed by atoms with E-state index in [-0.39, 0.29) is 0 Å². The molecule has 2 N–H and O–H groups in total. The van der Waals surface area contributed by atoms with Crippen molar-refractivity contribution < 1.29 is 0 Å². The zero-order valence-corrected chi connectivity index (χ0v) is 13.3. The predicted octanol–water partition coefficient (Wildman–Crippen LogP) is 2.60. The van der Waals surface area contributed by atoms with Crippen LogP contribution in [0.15, 0.2) is 29.3 Å². The van der Waals surface area contributed by atoms with Crippen molar-refractivity contribution in [2.45, 2.75) is 31.4 Å². The monoisotopic (exact) mass is 291 g/mol. The van der Waals surface area contributed by atoms with E-state index in [1.807, 2.05) is 7.05 Å². The van der Waals surface area contributed by atoms with Crippen molar-refractivity contribution in [3.05, 3.63) is 35.4 Å². The molecular formula is C16H25N3S. The molecule has 1 aromatic rings. The third-order valence-corrected chi connectivity index (χ3v) is 4.93. The van der Waals surface area contributed by atoms with Crippen molar-refractivity contribution in [1.82, 2.24) is 10.6 Å². The maximum absolute atomic E-state index is 4.28. The van der Waals surface area contributed by atoms with Crippen molar-refractivity contribution in [3.8, 4) is 0 Å². The highest BCUT2D eigenvalue weighted by atomic mass is 32.2. The van der Waals surface area contributed by atoms with Crippen LogP contribution in [-0.4, -0.2) is 37.1 Å². The van der Waals surface area contributed by atoms with Gasteiger partial charge in [-0.2, -0.15) is 11.8 Å². The summed E-state index contributed by atoms with van der Waals surface area (Å²) in [6.45, 7) is 4.08. The molecule has 1 saturated heterocycles. The Morgan fingerprint density at radius 2 is 2.30 bits per heavy atom. The maximum atomic E-state index is 4.28. The van der Waals surface area contributed by atoms with Crippen molar-refractivity contribution in [2.24, 2.45) is 4.99 Å². The lowest BCUT2D eigenvalue weighted by Crippen LogP contribution is -2.40. The van der Waals surface area contributed by atoms with Gasteiger partial charge in [0.25, 0.3) is 0 Å². The molecule has 4 heteroatoms. The quantitative estimate of drug-likeness (QED) is 0.647. The number of aryl methyl sites for hydroxylation is 1. The summed E-state index contributed by atoms with van der Waals surface area (Å²) in [4.78, 5) is 4.28. The van der Waals surface area contributed by atoms with Crippen molar-refractivity contribution >= 4 is 17.7 Å². The molecule has 1 unspecified atom stereocenters. The minimum Gasteiger partial charge on any atom is -0.356 e. The molecule has 1 aliphatic rings. The van der Waals surface area contributed by atoms with Crippen LogP contribution in [-0.2, 0) is 6.42 Å². The Labute approximate surface area is 126 Å². The number of nitrogens with zero attached hydrogens (tertiary/aromatic N) is 1. The van der Waals surface area contributed by atoms with Gasteiger partial charge in [-0.15, -0.1) is 0 Å². The predicted molar refractivity (Wildman–Crippen MR) is 89.7 cm³/mol. The standard InChI is InChI=1S/C16H25N3S/c1-13-5-3-6-14(11-13)8-9-18-16(17-2)19-12-15-7-4-10-20-15/h3,5-6,11,15H,4,7-10,12H2,1-2H3,(H2,17,18,19). The van der Waals surface area contributed by atoms with Gasteiger partial charge in [-0.1, -0.05) is 29.8 Å². The average molecular weight is 291 g/mol. The van der Waals surface area contributed by atoms with Crippen LogP contribution in [0.1, 0.15) is 24.0 Å². The summed E-state index contributed by atoms with van der Waals surface area (Å²) in [5.41, 5.74) is 2.70. The van der Waals surface area contributed by atoms with Gasteiger partial charge in [0, 0.05) is 25.4 Å². The minimum absolute atomic E-state index is 0.755. The van der Waals surface area contributed by atoms with E-state index in [1.165, 1.54) is 29.7 Å². The molecule has 1 aliphatic heterocycles. The zero-order valence-electron chi connectivity index (χ0n) is 12.5. The number of hydrogen-bond donors (Lipinski definition) is 2. The Bertz CT molecular complexity index is 439. The first-order chi connectivity index (χ1) is 9.78. The maximum Gasteiger partial charge on any atom is 0.191 e. The van der Waals surface area contributed by atoms with E-state index in [2.05, 4.69) is 58.6 Å². The fourth-order valence-electron chi connectivity index (χ4n) is 2.43. The van der Waals surface area contributed by atoms with Crippen LogP contribution in [0.2, 0.25) is 0 Å². The minimum atomic E-state index is 0.755. The molecule has 0 amide bonds. The van der Waals surface area contributed by atoms with Crippen LogP contribution in [0.4, 0.5) is 0 Å². The van der Waals surface area contributed by atoms with Gasteiger partial charge in [0.05, 0.1) is 0 Å². The number of nitrogens with one attached hydrogen (secondary N) is 2. The third-order valence-electron chi connectivity index (χ3n) is 3.53. The normalized spacial score (nSPS) is 19.1. The second kappa shape index (κ2) is 8.20. The van der Waals surface area contributed by atoms with Gasteiger partial charge in [-0.25, -0.2) is 0 Å². The molecule has 3 nitrogen and oxygen atoms in total. The number of hydrogen-bond acceptors (Lipinski definition) is 2. The molecular weight excluding hydrogens is 266 g/mol. The fourth-order valence-corrected chi connectivity index (χ4v) is 3.63. The molecule has 1 fully saturated rings. The Morgan fingerprint density at radius 1 is 1.40 bits per heavy atom. The van der Waals surface area contributed by atoms with Gasteiger partial charge in [0.1, 0.15) is 0 Å². The Morgan fingerprint density at radius 3 is 3.00 bits per heavy atom. The van der Waals surface area contributed by atoms with Crippen molar-refractivity contribution in [3.63, 3.8) is 0 Å². The van der Waals surface area contributed by atoms with Crippen LogP contribution in [0, 0.1) is 6.92 Å². The van der Waals surface area contributed by atoms with E-state index >= 15 is 0 Å². The first-order valence-electron chi connectivity index (χ1n) is 7.39. The second-order valence-electron chi connectivity index (χ2n) is 5.25. The largest absolute Gasteiger partial charge is 0.356 e. The lowest BCUT2D eigenvalue weighted by molar-refractivity contribution is 0.724. The number of guanidine groups is 1. The van der Waals surface area contributed by atoms with Crippen LogP contribution < -0.4 is 10.6 Å². The van der Waals surface area contributed by atoms with Gasteiger partial charge in [0.2, 0.25) is 0 Å². The summed E-state index contributed by atoms with van der Waals surface area (Å²) in [7, 11) is 1.84. The molecule has 0 saturated carbocycles. The summed E-state index contributed by atoms with van der Waals surface area (Å²) in [5, 5.41) is 7.57. The molecule has 0 radical (unpaired) electrons. The van der Waals surface area contributed by atoms with Gasteiger partial charge in [0.15, 0.2) is 5.96 Å². The molecule has 0 aromatic heterocycles. The average Bonchev–Trinajstić information content (AvgIpc) is 2.96. The van der Waals surface area contributed by atoms with Crippen LogP contribution in [0.25, 0.3) is 0 Å². The molecule has 0 aliphatic carbocycles. The lowest BCUT2D eigenvalue weighted by Gasteiger charge is -2.14. The van der Waals surface area contributed by atoms with Gasteiger partial charge in [-0.05, 0) is 37.5 Å². The first kappa shape index (κ1) is 15.2. The number of benzene rings is 1. The van der Waals surface area contributed by atoms with Crippen molar-refractivity contribution in [1.29, 1.82) is 0 Å². The van der Waals surface area contributed by atoms with Gasteiger partial charge < -0.3 is 10.6 Å². The highest BCUT2D eigenvalue weighted by Gasteiger charge is 2.15.